The van der Waals surface area contributed by atoms with Crippen molar-refractivity contribution in [3.8, 4) is 17.2 Å². The number of methoxy groups -OCH3 is 3. The highest BCUT2D eigenvalue weighted by Gasteiger charge is 2.20. The number of hydrogen-bond acceptors (Lipinski definition) is 7. The van der Waals surface area contributed by atoms with Gasteiger partial charge in [0.1, 0.15) is 17.7 Å². The molecule has 7 heteroatoms. The standard InChI is InChI=1S/C19H22N4O3/c1-5-14(12-6-8-20-9-7-12)23-19-13-10-15(24-2)17(25-3)18(26-4)16(13)21-11-22-19/h6-11,14H,5H2,1-4H3,(H,21,22,23). The smallest absolute Gasteiger partial charge is 0.205 e. The first kappa shape index (κ1) is 17.7. The largest absolute Gasteiger partial charge is 0.493 e. The van der Waals surface area contributed by atoms with Crippen LogP contribution >= 0.6 is 0 Å². The Kier molecular flexibility index (Phi) is 5.36. The lowest BCUT2D eigenvalue weighted by Crippen LogP contribution is -2.11. The van der Waals surface area contributed by atoms with E-state index in [9.17, 15) is 0 Å². The molecule has 1 aromatic carbocycles. The Balaban J connectivity index is 2.12. The first-order valence-electron chi connectivity index (χ1n) is 8.33. The Labute approximate surface area is 152 Å². The number of nitrogens with zero attached hydrogens (tertiary/aromatic N) is 3. The molecule has 1 unspecified atom stereocenters. The van der Waals surface area contributed by atoms with Crippen molar-refractivity contribution in [1.29, 1.82) is 0 Å². The topological polar surface area (TPSA) is 78.4 Å². The monoisotopic (exact) mass is 354 g/mol. The van der Waals surface area contributed by atoms with Gasteiger partial charge >= 0.3 is 0 Å². The van der Waals surface area contributed by atoms with E-state index in [1.165, 1.54) is 6.33 Å². The second-order valence-corrected chi connectivity index (χ2v) is 5.65. The number of ether oxygens (including phenoxy) is 3. The van der Waals surface area contributed by atoms with Crippen molar-refractivity contribution in [2.24, 2.45) is 0 Å². The molecule has 0 aliphatic heterocycles. The minimum Gasteiger partial charge on any atom is -0.493 e. The van der Waals surface area contributed by atoms with Crippen molar-refractivity contribution in [2.45, 2.75) is 19.4 Å². The summed E-state index contributed by atoms with van der Waals surface area (Å²) < 4.78 is 16.4. The lowest BCUT2D eigenvalue weighted by atomic mass is 10.1. The van der Waals surface area contributed by atoms with Crippen molar-refractivity contribution in [2.75, 3.05) is 26.6 Å². The second kappa shape index (κ2) is 7.86. The summed E-state index contributed by atoms with van der Waals surface area (Å²) in [5.74, 6) is 2.29. The molecular weight excluding hydrogens is 332 g/mol. The molecule has 0 fully saturated rings. The minimum atomic E-state index is 0.0928. The van der Waals surface area contributed by atoms with E-state index >= 15 is 0 Å². The minimum absolute atomic E-state index is 0.0928. The Hall–Kier alpha value is -3.09. The molecule has 0 bridgehead atoms. The van der Waals surface area contributed by atoms with Crippen LogP contribution in [0.5, 0.6) is 17.2 Å². The average molecular weight is 354 g/mol. The van der Waals surface area contributed by atoms with Gasteiger partial charge < -0.3 is 19.5 Å². The van der Waals surface area contributed by atoms with Crippen LogP contribution in [0.3, 0.4) is 0 Å². The molecular formula is C19H22N4O3. The van der Waals surface area contributed by atoms with Crippen LogP contribution in [0.15, 0.2) is 36.9 Å². The summed E-state index contributed by atoms with van der Waals surface area (Å²) in [7, 11) is 4.74. The molecule has 3 aromatic rings. The molecule has 3 rings (SSSR count). The summed E-state index contributed by atoms with van der Waals surface area (Å²) >= 11 is 0. The van der Waals surface area contributed by atoms with E-state index in [-0.39, 0.29) is 6.04 Å². The number of fused-ring (bicyclic) bond motifs is 1. The number of rotatable bonds is 7. The van der Waals surface area contributed by atoms with Crippen LogP contribution in [0.2, 0.25) is 0 Å². The fourth-order valence-corrected chi connectivity index (χ4v) is 2.96. The zero-order valence-corrected chi connectivity index (χ0v) is 15.3. The Bertz CT molecular complexity index is 887. The number of anilines is 1. The molecule has 0 aliphatic carbocycles. The molecule has 7 nitrogen and oxygen atoms in total. The number of pyridine rings is 1. The van der Waals surface area contributed by atoms with Crippen LogP contribution in [0.1, 0.15) is 24.9 Å². The molecule has 136 valence electrons. The predicted octanol–water partition coefficient (Wildman–Crippen LogP) is 3.61. The van der Waals surface area contributed by atoms with Gasteiger partial charge in [-0.25, -0.2) is 9.97 Å². The van der Waals surface area contributed by atoms with E-state index in [0.29, 0.717) is 28.6 Å². The molecule has 0 saturated heterocycles. The van der Waals surface area contributed by atoms with Crippen molar-refractivity contribution < 1.29 is 14.2 Å². The maximum atomic E-state index is 5.53. The SMILES string of the molecule is CCC(Nc1ncnc2c(OC)c(OC)c(OC)cc12)c1ccncc1. The molecule has 0 amide bonds. The third-order valence-electron chi connectivity index (χ3n) is 4.26. The van der Waals surface area contributed by atoms with Gasteiger partial charge in [0.05, 0.1) is 32.8 Å². The molecule has 0 spiro atoms. The fourth-order valence-electron chi connectivity index (χ4n) is 2.96. The third-order valence-corrected chi connectivity index (χ3v) is 4.26. The zero-order valence-electron chi connectivity index (χ0n) is 15.3. The van der Waals surface area contributed by atoms with Crippen molar-refractivity contribution in [1.82, 2.24) is 15.0 Å². The van der Waals surface area contributed by atoms with E-state index in [1.54, 1.807) is 33.7 Å². The Morgan fingerprint density at radius 1 is 1.00 bits per heavy atom. The van der Waals surface area contributed by atoms with Gasteiger partial charge in [-0.1, -0.05) is 6.92 Å². The van der Waals surface area contributed by atoms with E-state index in [0.717, 1.165) is 17.4 Å². The number of hydrogen-bond donors (Lipinski definition) is 1. The van der Waals surface area contributed by atoms with Gasteiger partial charge in [0.25, 0.3) is 0 Å². The Morgan fingerprint density at radius 2 is 1.73 bits per heavy atom. The number of benzene rings is 1. The van der Waals surface area contributed by atoms with Gasteiger partial charge in [-0.2, -0.15) is 0 Å². The summed E-state index contributed by atoms with van der Waals surface area (Å²) in [6.45, 7) is 2.12. The molecule has 2 heterocycles. The quantitative estimate of drug-likeness (QED) is 0.694. The van der Waals surface area contributed by atoms with Gasteiger partial charge in [-0.15, -0.1) is 0 Å². The summed E-state index contributed by atoms with van der Waals surface area (Å²) in [4.78, 5) is 12.9. The average Bonchev–Trinajstić information content (AvgIpc) is 2.71. The third kappa shape index (κ3) is 3.20. The van der Waals surface area contributed by atoms with Crippen molar-refractivity contribution in [3.63, 3.8) is 0 Å². The van der Waals surface area contributed by atoms with Gasteiger partial charge in [0.15, 0.2) is 11.5 Å². The summed E-state index contributed by atoms with van der Waals surface area (Å²) in [6, 6.07) is 5.94. The molecule has 0 aliphatic rings. The van der Waals surface area contributed by atoms with Gasteiger partial charge in [-0.05, 0) is 30.2 Å². The number of aromatic nitrogens is 3. The highest BCUT2D eigenvalue weighted by atomic mass is 16.5. The number of nitrogens with one attached hydrogen (secondary N) is 1. The van der Waals surface area contributed by atoms with Crippen LogP contribution < -0.4 is 19.5 Å². The highest BCUT2D eigenvalue weighted by Crippen LogP contribution is 2.44. The van der Waals surface area contributed by atoms with Gasteiger partial charge in [0, 0.05) is 12.4 Å². The molecule has 0 radical (unpaired) electrons. The molecule has 0 saturated carbocycles. The van der Waals surface area contributed by atoms with Gasteiger partial charge in [0.2, 0.25) is 5.75 Å². The molecule has 1 N–H and O–H groups in total. The molecule has 26 heavy (non-hydrogen) atoms. The molecule has 1 atom stereocenters. The first-order chi connectivity index (χ1) is 12.7. The van der Waals surface area contributed by atoms with Crippen LogP contribution in [-0.4, -0.2) is 36.3 Å². The summed E-state index contributed by atoms with van der Waals surface area (Å²) in [5, 5.41) is 4.30. The van der Waals surface area contributed by atoms with E-state index in [1.807, 2.05) is 18.2 Å². The maximum Gasteiger partial charge on any atom is 0.205 e. The van der Waals surface area contributed by atoms with Crippen LogP contribution in [0.4, 0.5) is 5.82 Å². The zero-order chi connectivity index (χ0) is 18.5. The lowest BCUT2D eigenvalue weighted by molar-refractivity contribution is 0.327. The summed E-state index contributed by atoms with van der Waals surface area (Å²) in [6.07, 6.45) is 5.97. The van der Waals surface area contributed by atoms with E-state index < -0.39 is 0 Å². The Morgan fingerprint density at radius 3 is 2.35 bits per heavy atom. The normalized spacial score (nSPS) is 11.8. The highest BCUT2D eigenvalue weighted by molar-refractivity contribution is 5.96. The van der Waals surface area contributed by atoms with Gasteiger partial charge in [-0.3, -0.25) is 4.98 Å². The van der Waals surface area contributed by atoms with Crippen molar-refractivity contribution in [3.05, 3.63) is 42.5 Å². The lowest BCUT2D eigenvalue weighted by Gasteiger charge is -2.20. The van der Waals surface area contributed by atoms with Crippen molar-refractivity contribution >= 4 is 16.7 Å². The van der Waals surface area contributed by atoms with Crippen LogP contribution in [0, 0.1) is 0 Å². The predicted molar refractivity (Wildman–Crippen MR) is 100 cm³/mol. The van der Waals surface area contributed by atoms with E-state index in [4.69, 9.17) is 14.2 Å². The van der Waals surface area contributed by atoms with E-state index in [2.05, 4.69) is 27.2 Å². The molecule has 2 aromatic heterocycles. The summed E-state index contributed by atoms with van der Waals surface area (Å²) in [5.41, 5.74) is 1.80. The fraction of sp³-hybridized carbons (Fsp3) is 0.316. The first-order valence-corrected chi connectivity index (χ1v) is 8.33. The van der Waals surface area contributed by atoms with Crippen LogP contribution in [-0.2, 0) is 0 Å². The van der Waals surface area contributed by atoms with Crippen LogP contribution in [0.25, 0.3) is 10.9 Å². The second-order valence-electron chi connectivity index (χ2n) is 5.65. The maximum absolute atomic E-state index is 5.53.